The topological polar surface area (TPSA) is 62.1 Å². The molecule has 0 atom stereocenters. The van der Waals surface area contributed by atoms with Crippen molar-refractivity contribution >= 4 is 5.95 Å². The summed E-state index contributed by atoms with van der Waals surface area (Å²) in [5, 5.41) is 14.8. The SMILES string of the molecule is CN(CCN1CCNCC1)c1nnnn1C. The third kappa shape index (κ3) is 2.67. The zero-order chi connectivity index (χ0) is 11.4. The first-order chi connectivity index (χ1) is 7.77. The van der Waals surface area contributed by atoms with Gasteiger partial charge in [-0.15, -0.1) is 0 Å². The van der Waals surface area contributed by atoms with Gasteiger partial charge in [0.2, 0.25) is 5.95 Å². The molecule has 16 heavy (non-hydrogen) atoms. The Labute approximate surface area is 95.4 Å². The van der Waals surface area contributed by atoms with Gasteiger partial charge in [-0.3, -0.25) is 4.90 Å². The lowest BCUT2D eigenvalue weighted by atomic mass is 10.3. The second-order valence-electron chi connectivity index (χ2n) is 4.12. The molecule has 7 heteroatoms. The van der Waals surface area contributed by atoms with E-state index >= 15 is 0 Å². The fraction of sp³-hybridized carbons (Fsp3) is 0.889. The molecule has 1 aromatic heterocycles. The molecule has 0 unspecified atom stereocenters. The number of nitrogens with zero attached hydrogens (tertiary/aromatic N) is 6. The van der Waals surface area contributed by atoms with E-state index in [1.54, 1.807) is 4.68 Å². The molecule has 0 amide bonds. The summed E-state index contributed by atoms with van der Waals surface area (Å²) in [5.74, 6) is 0.815. The van der Waals surface area contributed by atoms with E-state index in [-0.39, 0.29) is 0 Å². The van der Waals surface area contributed by atoms with Gasteiger partial charge in [0.05, 0.1) is 0 Å². The van der Waals surface area contributed by atoms with Gasteiger partial charge in [-0.1, -0.05) is 5.10 Å². The van der Waals surface area contributed by atoms with Crippen LogP contribution in [0.3, 0.4) is 0 Å². The lowest BCUT2D eigenvalue weighted by molar-refractivity contribution is 0.246. The monoisotopic (exact) mass is 225 g/mol. The van der Waals surface area contributed by atoms with E-state index in [2.05, 4.69) is 30.6 Å². The van der Waals surface area contributed by atoms with E-state index in [4.69, 9.17) is 0 Å². The van der Waals surface area contributed by atoms with Gasteiger partial charge >= 0.3 is 0 Å². The molecule has 1 aromatic rings. The zero-order valence-electron chi connectivity index (χ0n) is 9.93. The minimum atomic E-state index is 0.815. The van der Waals surface area contributed by atoms with Crippen LogP contribution in [-0.2, 0) is 7.05 Å². The molecule has 1 aliphatic heterocycles. The molecule has 1 aliphatic rings. The highest BCUT2D eigenvalue weighted by Gasteiger charge is 2.12. The summed E-state index contributed by atoms with van der Waals surface area (Å²) < 4.78 is 1.69. The summed E-state index contributed by atoms with van der Waals surface area (Å²) in [5.41, 5.74) is 0. The number of piperazine rings is 1. The fourth-order valence-electron chi connectivity index (χ4n) is 1.87. The number of aryl methyl sites for hydroxylation is 1. The van der Waals surface area contributed by atoms with Gasteiger partial charge < -0.3 is 10.2 Å². The van der Waals surface area contributed by atoms with E-state index in [0.29, 0.717) is 0 Å². The standard InChI is InChI=1S/C9H19N7/c1-14(9-11-12-13-15(9)2)7-8-16-5-3-10-4-6-16/h10H,3-8H2,1-2H3. The summed E-state index contributed by atoms with van der Waals surface area (Å²) in [6, 6.07) is 0. The second kappa shape index (κ2) is 5.22. The third-order valence-electron chi connectivity index (χ3n) is 2.90. The summed E-state index contributed by atoms with van der Waals surface area (Å²) in [6.45, 7) is 6.46. The van der Waals surface area contributed by atoms with Gasteiger partial charge in [0.1, 0.15) is 0 Å². The zero-order valence-corrected chi connectivity index (χ0v) is 9.93. The van der Waals surface area contributed by atoms with Crippen molar-refractivity contribution in [2.75, 3.05) is 51.2 Å². The molecule has 7 nitrogen and oxygen atoms in total. The molecule has 0 saturated carbocycles. The van der Waals surface area contributed by atoms with Gasteiger partial charge in [0.15, 0.2) is 0 Å². The van der Waals surface area contributed by atoms with E-state index in [1.807, 2.05) is 14.1 Å². The van der Waals surface area contributed by atoms with Gasteiger partial charge in [-0.25, -0.2) is 4.68 Å². The Morgan fingerprint density at radius 3 is 2.75 bits per heavy atom. The van der Waals surface area contributed by atoms with Gasteiger partial charge in [0, 0.05) is 53.4 Å². The second-order valence-corrected chi connectivity index (χ2v) is 4.12. The average molecular weight is 225 g/mol. The lowest BCUT2D eigenvalue weighted by Crippen LogP contribution is -2.46. The van der Waals surface area contributed by atoms with Crippen LogP contribution in [0.4, 0.5) is 5.95 Å². The van der Waals surface area contributed by atoms with Crippen LogP contribution in [-0.4, -0.2) is 71.4 Å². The molecule has 0 radical (unpaired) electrons. The molecule has 0 spiro atoms. The number of likely N-dealkylation sites (N-methyl/N-ethyl adjacent to an activating group) is 1. The predicted molar refractivity (Wildman–Crippen MR) is 61.4 cm³/mol. The predicted octanol–water partition coefficient (Wildman–Crippen LogP) is -1.45. The summed E-state index contributed by atoms with van der Waals surface area (Å²) in [4.78, 5) is 4.54. The maximum atomic E-state index is 3.98. The highest BCUT2D eigenvalue weighted by Crippen LogP contribution is 2.03. The van der Waals surface area contributed by atoms with Crippen molar-refractivity contribution in [3.63, 3.8) is 0 Å². The van der Waals surface area contributed by atoms with Crippen LogP contribution in [0.15, 0.2) is 0 Å². The van der Waals surface area contributed by atoms with Crippen molar-refractivity contribution in [1.82, 2.24) is 30.4 Å². The molecule has 1 fully saturated rings. The van der Waals surface area contributed by atoms with Crippen molar-refractivity contribution in [3.05, 3.63) is 0 Å². The molecular formula is C9H19N7. The minimum Gasteiger partial charge on any atom is -0.341 e. The van der Waals surface area contributed by atoms with Crippen molar-refractivity contribution < 1.29 is 0 Å². The Bertz CT molecular complexity index is 317. The number of nitrogens with one attached hydrogen (secondary N) is 1. The first-order valence-corrected chi connectivity index (χ1v) is 5.64. The van der Waals surface area contributed by atoms with Crippen LogP contribution in [0.2, 0.25) is 0 Å². The van der Waals surface area contributed by atoms with Crippen LogP contribution < -0.4 is 10.2 Å². The first-order valence-electron chi connectivity index (χ1n) is 5.64. The molecule has 90 valence electrons. The van der Waals surface area contributed by atoms with Crippen LogP contribution in [0.1, 0.15) is 0 Å². The molecular weight excluding hydrogens is 206 g/mol. The Hall–Kier alpha value is -1.21. The molecule has 0 aliphatic carbocycles. The van der Waals surface area contributed by atoms with Crippen molar-refractivity contribution in [2.24, 2.45) is 7.05 Å². The van der Waals surface area contributed by atoms with Gasteiger partial charge in [-0.2, -0.15) is 0 Å². The average Bonchev–Trinajstić information content (AvgIpc) is 2.74. The lowest BCUT2D eigenvalue weighted by Gasteiger charge is -2.29. The largest absolute Gasteiger partial charge is 0.341 e. The molecule has 0 bridgehead atoms. The number of hydrogen-bond donors (Lipinski definition) is 1. The minimum absolute atomic E-state index is 0.815. The van der Waals surface area contributed by atoms with Crippen molar-refractivity contribution in [1.29, 1.82) is 0 Å². The Kier molecular flexibility index (Phi) is 3.68. The van der Waals surface area contributed by atoms with Crippen LogP contribution in [0, 0.1) is 0 Å². The van der Waals surface area contributed by atoms with Gasteiger partial charge in [-0.05, 0) is 10.4 Å². The summed E-state index contributed by atoms with van der Waals surface area (Å²) in [6.07, 6.45) is 0. The number of anilines is 1. The van der Waals surface area contributed by atoms with Crippen LogP contribution in [0.25, 0.3) is 0 Å². The molecule has 0 aromatic carbocycles. The molecule has 1 saturated heterocycles. The van der Waals surface area contributed by atoms with Crippen LogP contribution in [0.5, 0.6) is 0 Å². The summed E-state index contributed by atoms with van der Waals surface area (Å²) >= 11 is 0. The number of tetrazole rings is 1. The normalized spacial score (nSPS) is 17.6. The van der Waals surface area contributed by atoms with Crippen LogP contribution >= 0.6 is 0 Å². The highest BCUT2D eigenvalue weighted by molar-refractivity contribution is 5.25. The van der Waals surface area contributed by atoms with E-state index < -0.39 is 0 Å². The summed E-state index contributed by atoms with van der Waals surface area (Å²) in [7, 11) is 3.88. The van der Waals surface area contributed by atoms with E-state index in [9.17, 15) is 0 Å². The van der Waals surface area contributed by atoms with E-state index in [1.165, 1.54) is 0 Å². The maximum Gasteiger partial charge on any atom is 0.245 e. The Morgan fingerprint density at radius 2 is 2.12 bits per heavy atom. The maximum absolute atomic E-state index is 3.98. The smallest absolute Gasteiger partial charge is 0.245 e. The molecule has 2 rings (SSSR count). The van der Waals surface area contributed by atoms with Crippen molar-refractivity contribution in [2.45, 2.75) is 0 Å². The molecule has 1 N–H and O–H groups in total. The number of aromatic nitrogens is 4. The number of hydrogen-bond acceptors (Lipinski definition) is 6. The van der Waals surface area contributed by atoms with Gasteiger partial charge in [0.25, 0.3) is 0 Å². The quantitative estimate of drug-likeness (QED) is 0.676. The molecule has 2 heterocycles. The number of rotatable bonds is 4. The fourth-order valence-corrected chi connectivity index (χ4v) is 1.87. The third-order valence-corrected chi connectivity index (χ3v) is 2.90. The Morgan fingerprint density at radius 1 is 1.38 bits per heavy atom. The highest BCUT2D eigenvalue weighted by atomic mass is 15.6. The van der Waals surface area contributed by atoms with Crippen molar-refractivity contribution in [3.8, 4) is 0 Å². The Balaban J connectivity index is 1.79. The van der Waals surface area contributed by atoms with E-state index in [0.717, 1.165) is 45.2 Å². The first kappa shape index (κ1) is 11.3.